The first kappa shape index (κ1) is 44.3. The normalized spacial score (nSPS) is 35.7. The first-order chi connectivity index (χ1) is 34.6. The van der Waals surface area contributed by atoms with Crippen molar-refractivity contribution in [3.63, 3.8) is 0 Å². The second-order valence-electron chi connectivity index (χ2n) is 22.9. The molecule has 0 aromatic heterocycles. The molecule has 0 unspecified atom stereocenters. The minimum Gasteiger partial charge on any atom is -0.373 e. The molecule has 71 heavy (non-hydrogen) atoms. The smallest absolute Gasteiger partial charge is 0.243 e. The lowest BCUT2D eigenvalue weighted by Crippen LogP contribution is -2.69. The largest absolute Gasteiger partial charge is 0.373 e. The summed E-state index contributed by atoms with van der Waals surface area (Å²) in [4.78, 5) is 88.8. The maximum Gasteiger partial charge on any atom is 0.243 e. The first-order valence-corrected chi connectivity index (χ1v) is 26.8. The Morgan fingerprint density at radius 2 is 1.04 bits per heavy atom. The summed E-state index contributed by atoms with van der Waals surface area (Å²) in [7, 11) is 0. The van der Waals surface area contributed by atoms with Crippen molar-refractivity contribution in [1.82, 2.24) is 20.4 Å². The number of anilines is 4. The van der Waals surface area contributed by atoms with Gasteiger partial charge < -0.3 is 40.5 Å². The van der Waals surface area contributed by atoms with Crippen molar-refractivity contribution >= 4 is 58.2 Å². The van der Waals surface area contributed by atoms with Gasteiger partial charge in [0, 0.05) is 83.4 Å². The fourth-order valence-corrected chi connectivity index (χ4v) is 17.3. The van der Waals surface area contributed by atoms with Crippen LogP contribution >= 0.6 is 0 Å². The molecule has 2 aromatic rings. The van der Waals surface area contributed by atoms with Crippen molar-refractivity contribution in [3.05, 3.63) is 70.8 Å². The van der Waals surface area contributed by atoms with E-state index >= 15 is 0 Å². The molecule has 2 spiro atoms. The number of carbonyl (C=O) groups excluding carboxylic acids is 6. The molecule has 16 heteroatoms. The molecule has 10 heterocycles. The molecular weight excluding hydrogens is 901 g/mol. The van der Waals surface area contributed by atoms with Gasteiger partial charge in [0.2, 0.25) is 35.4 Å². The Balaban J connectivity index is 0.515. The summed E-state index contributed by atoms with van der Waals surface area (Å²) >= 11 is 0. The number of nitrogens with zero attached hydrogens (tertiary/aromatic N) is 4. The van der Waals surface area contributed by atoms with Gasteiger partial charge in [-0.2, -0.15) is 0 Å². The second-order valence-corrected chi connectivity index (χ2v) is 22.9. The van der Waals surface area contributed by atoms with E-state index in [2.05, 4.69) is 65.2 Å². The van der Waals surface area contributed by atoms with Gasteiger partial charge in [0.25, 0.3) is 0 Å². The molecule has 8 fully saturated rings. The minimum atomic E-state index is -0.290. The summed E-state index contributed by atoms with van der Waals surface area (Å²) in [6.45, 7) is 4.84. The van der Waals surface area contributed by atoms with Crippen molar-refractivity contribution in [3.8, 4) is 0 Å². The number of benzene rings is 2. The monoisotopic (exact) mass is 964 g/mol. The maximum absolute atomic E-state index is 13.8. The number of hydrogen-bond donors (Lipinski definition) is 4. The molecule has 14 rings (SSSR count). The highest BCUT2D eigenvalue weighted by molar-refractivity contribution is 6.02. The summed E-state index contributed by atoms with van der Waals surface area (Å²) < 4.78 is 12.7. The molecule has 2 aromatic carbocycles. The van der Waals surface area contributed by atoms with E-state index in [-0.39, 0.29) is 95.5 Å². The highest BCUT2D eigenvalue weighted by Crippen LogP contribution is 2.68. The van der Waals surface area contributed by atoms with Crippen LogP contribution in [-0.2, 0) is 49.1 Å². The van der Waals surface area contributed by atoms with Gasteiger partial charge in [0.1, 0.15) is 0 Å². The molecule has 12 aliphatic rings. The minimum absolute atomic E-state index is 0.0562. The summed E-state index contributed by atoms with van der Waals surface area (Å²) in [5.41, 5.74) is 8.23. The molecule has 0 radical (unpaired) electrons. The third kappa shape index (κ3) is 6.54. The molecule has 10 aliphatic heterocycles. The predicted octanol–water partition coefficient (Wildman–Crippen LogP) is 4.04. The van der Waals surface area contributed by atoms with Gasteiger partial charge in [-0.3, -0.25) is 38.6 Å². The Morgan fingerprint density at radius 1 is 0.592 bits per heavy atom. The third-order valence-corrected chi connectivity index (χ3v) is 19.9. The van der Waals surface area contributed by atoms with Gasteiger partial charge in [-0.15, -0.1) is 0 Å². The second kappa shape index (κ2) is 16.6. The zero-order chi connectivity index (χ0) is 47.9. The Kier molecular flexibility index (Phi) is 10.3. The molecule has 16 nitrogen and oxygen atoms in total. The van der Waals surface area contributed by atoms with E-state index in [0.29, 0.717) is 87.0 Å². The highest BCUT2D eigenvalue weighted by atomic mass is 16.5. The first-order valence-electron chi connectivity index (χ1n) is 26.8. The van der Waals surface area contributed by atoms with Gasteiger partial charge in [-0.25, -0.2) is 0 Å². The predicted molar refractivity (Wildman–Crippen MR) is 262 cm³/mol. The number of nitrogens with one attached hydrogen (secondary N) is 4. The Hall–Kier alpha value is -5.42. The van der Waals surface area contributed by atoms with Crippen LogP contribution in [0.25, 0.3) is 0 Å². The van der Waals surface area contributed by atoms with Gasteiger partial charge in [-0.05, 0) is 111 Å². The number of unbranched alkanes of at least 4 members (excludes halogenated alkanes) is 4. The van der Waals surface area contributed by atoms with E-state index in [0.717, 1.165) is 93.6 Å². The standard InChI is InChI=1S/C55H64N8O8/c64-44(56-26-46(66)58-32-8-10-38-36(20-32)54-14-16-60-28-30-12-18-70-40-24-48(68)62(38)52(54)50(40)34(30)22-42(54)60)6-4-2-1-3-5-7-45(65)57-27-47(67)59-33-9-11-39-37(21-33)55-15-17-61-29-31-13-19-71-41-25-49(69)63(39)53(55)51(41)35(31)23-43(55)61/h8-13,20-21,34-35,40-43,50-53H,1-7,14-19,22-29H2,(H,56,64)(H,57,65)(H,58,66)(H,59,67)/t34-,35-,40-,41-,42-,43-,50-,51-,52-,53-,54+,55+/m0/s1. The number of rotatable bonds is 14. The van der Waals surface area contributed by atoms with E-state index in [1.54, 1.807) is 0 Å². The number of amides is 6. The number of carbonyl (C=O) groups is 6. The van der Waals surface area contributed by atoms with Crippen LogP contribution < -0.4 is 31.1 Å². The van der Waals surface area contributed by atoms with Gasteiger partial charge in [-0.1, -0.05) is 42.6 Å². The van der Waals surface area contributed by atoms with Crippen molar-refractivity contribution in [2.24, 2.45) is 23.7 Å². The Labute approximate surface area is 413 Å². The Morgan fingerprint density at radius 3 is 1.51 bits per heavy atom. The van der Waals surface area contributed by atoms with Crippen molar-refractivity contribution in [1.29, 1.82) is 0 Å². The van der Waals surface area contributed by atoms with Crippen LogP contribution in [0.1, 0.15) is 94.6 Å². The third-order valence-electron chi connectivity index (χ3n) is 19.9. The molecule has 6 saturated heterocycles. The lowest BCUT2D eigenvalue weighted by atomic mass is 9.53. The molecule has 2 saturated carbocycles. The molecule has 372 valence electrons. The van der Waals surface area contributed by atoms with Crippen LogP contribution in [-0.4, -0.2) is 134 Å². The van der Waals surface area contributed by atoms with Crippen molar-refractivity contribution in [2.75, 3.05) is 72.9 Å². The van der Waals surface area contributed by atoms with E-state index in [9.17, 15) is 28.8 Å². The lowest BCUT2D eigenvalue weighted by Gasteiger charge is -2.58. The molecule has 2 aliphatic carbocycles. The molecule has 12 atom stereocenters. The number of fused-ring (bicyclic) bond motifs is 4. The van der Waals surface area contributed by atoms with E-state index in [1.165, 1.54) is 11.1 Å². The van der Waals surface area contributed by atoms with Crippen LogP contribution in [0.15, 0.2) is 59.7 Å². The molecular formula is C55H64N8O8. The fourth-order valence-electron chi connectivity index (χ4n) is 17.3. The SMILES string of the molecule is O=C(CCCCCCCC(=O)NCC(=O)Nc1ccc2c(c1)[C@@]13CCN4CC5=CCO[C@H]6CC(=O)N2[C@H]1[C@H]6[C@H]5C[C@H]43)NCC(=O)Nc1ccc2c(c1)[C@@]13CCN4CC5=CCO[C@H]6CC(=O)N2[C@H]1[C@H]6[C@H]5C[C@H]43. The number of ether oxygens (including phenoxy) is 2. The van der Waals surface area contributed by atoms with Crippen molar-refractivity contribution in [2.45, 2.75) is 131 Å². The molecule has 6 amide bonds. The molecule has 4 bridgehead atoms. The molecule has 4 N–H and O–H groups in total. The van der Waals surface area contributed by atoms with Gasteiger partial charge in [0.05, 0.1) is 63.4 Å². The van der Waals surface area contributed by atoms with Crippen molar-refractivity contribution < 1.29 is 38.2 Å². The lowest BCUT2D eigenvalue weighted by molar-refractivity contribution is -0.133. The average molecular weight is 965 g/mol. The summed E-state index contributed by atoms with van der Waals surface area (Å²) in [6, 6.07) is 12.8. The summed E-state index contributed by atoms with van der Waals surface area (Å²) in [6.07, 6.45) is 13.9. The fraction of sp³-hybridized carbons (Fsp3) is 0.600. The number of piperidine rings is 4. The zero-order valence-electron chi connectivity index (χ0n) is 40.3. The summed E-state index contributed by atoms with van der Waals surface area (Å²) in [5.74, 6) is 0.740. The topological polar surface area (TPSA) is 182 Å². The van der Waals surface area contributed by atoms with Gasteiger partial charge in [0.15, 0.2) is 0 Å². The highest BCUT2D eigenvalue weighted by Gasteiger charge is 2.73. The maximum atomic E-state index is 13.8. The van der Waals surface area contributed by atoms with Crippen LogP contribution in [0, 0.1) is 23.7 Å². The van der Waals surface area contributed by atoms with E-state index in [4.69, 9.17) is 9.47 Å². The summed E-state index contributed by atoms with van der Waals surface area (Å²) in [5, 5.41) is 11.6. The van der Waals surface area contributed by atoms with Gasteiger partial charge >= 0.3 is 0 Å². The van der Waals surface area contributed by atoms with Crippen LogP contribution in [0.4, 0.5) is 22.7 Å². The van der Waals surface area contributed by atoms with Crippen LogP contribution in [0.5, 0.6) is 0 Å². The Bertz CT molecular complexity index is 2560. The van der Waals surface area contributed by atoms with E-state index < -0.39 is 0 Å². The quantitative estimate of drug-likeness (QED) is 0.160. The van der Waals surface area contributed by atoms with Crippen LogP contribution in [0.2, 0.25) is 0 Å². The number of hydrogen-bond acceptors (Lipinski definition) is 10. The average Bonchev–Trinajstić information content (AvgIpc) is 4.05. The van der Waals surface area contributed by atoms with E-state index in [1.807, 2.05) is 24.3 Å². The zero-order valence-corrected chi connectivity index (χ0v) is 40.3. The van der Waals surface area contributed by atoms with Crippen LogP contribution in [0.3, 0.4) is 0 Å².